The van der Waals surface area contributed by atoms with Crippen molar-refractivity contribution in [2.45, 2.75) is 26.2 Å². The van der Waals surface area contributed by atoms with Gasteiger partial charge in [-0.1, -0.05) is 35.4 Å². The molecule has 0 spiro atoms. The summed E-state index contributed by atoms with van der Waals surface area (Å²) >= 11 is 11.7. The summed E-state index contributed by atoms with van der Waals surface area (Å²) in [5.41, 5.74) is 0. The van der Waals surface area contributed by atoms with Crippen LogP contribution >= 0.6 is 23.2 Å². The van der Waals surface area contributed by atoms with Gasteiger partial charge in [-0.15, -0.1) is 0 Å². The van der Waals surface area contributed by atoms with Crippen LogP contribution in [0.15, 0.2) is 30.4 Å². The highest BCUT2D eigenvalue weighted by Gasteiger charge is 1.98. The van der Waals surface area contributed by atoms with Gasteiger partial charge in [-0.05, 0) is 44.4 Å². The molecule has 0 fully saturated rings. The summed E-state index contributed by atoms with van der Waals surface area (Å²) in [6, 6.07) is 5.25. The molecule has 0 radical (unpaired) electrons. The van der Waals surface area contributed by atoms with Crippen LogP contribution in [0.3, 0.4) is 0 Å². The Bertz CT molecular complexity index is 328. The van der Waals surface area contributed by atoms with E-state index in [4.69, 9.17) is 27.9 Å². The number of hydrogen-bond donors (Lipinski definition) is 0. The highest BCUT2D eigenvalue weighted by Crippen LogP contribution is 2.24. The largest absolute Gasteiger partial charge is 0.493 e. The maximum atomic E-state index is 5.86. The summed E-state index contributed by atoms with van der Waals surface area (Å²) in [6.45, 7) is 2.73. The SMILES string of the molecule is C/C=C/CCCCOc1cc(Cl)cc(Cl)c1. The molecule has 1 aromatic carbocycles. The van der Waals surface area contributed by atoms with Gasteiger partial charge in [0.15, 0.2) is 0 Å². The molecule has 0 saturated carbocycles. The summed E-state index contributed by atoms with van der Waals surface area (Å²) in [5, 5.41) is 1.22. The van der Waals surface area contributed by atoms with E-state index in [1.165, 1.54) is 0 Å². The molecule has 0 atom stereocenters. The van der Waals surface area contributed by atoms with Crippen LogP contribution in [-0.2, 0) is 0 Å². The van der Waals surface area contributed by atoms with E-state index in [0.29, 0.717) is 16.7 Å². The van der Waals surface area contributed by atoms with E-state index < -0.39 is 0 Å². The van der Waals surface area contributed by atoms with Gasteiger partial charge in [0.05, 0.1) is 6.61 Å². The van der Waals surface area contributed by atoms with E-state index in [1.54, 1.807) is 18.2 Å². The smallest absolute Gasteiger partial charge is 0.122 e. The van der Waals surface area contributed by atoms with Crippen molar-refractivity contribution in [2.75, 3.05) is 6.61 Å². The lowest BCUT2D eigenvalue weighted by Gasteiger charge is -2.06. The number of hydrogen-bond acceptors (Lipinski definition) is 1. The third-order valence-electron chi connectivity index (χ3n) is 2.11. The standard InChI is InChI=1S/C13H16Cl2O/c1-2-3-4-5-6-7-16-13-9-11(14)8-12(15)10-13/h2-3,8-10H,4-7H2,1H3/b3-2+. The third-order valence-corrected chi connectivity index (χ3v) is 2.54. The minimum Gasteiger partial charge on any atom is -0.493 e. The van der Waals surface area contributed by atoms with Crippen LogP contribution in [-0.4, -0.2) is 6.61 Å². The van der Waals surface area contributed by atoms with Crippen LogP contribution in [0.2, 0.25) is 10.0 Å². The molecular weight excluding hydrogens is 243 g/mol. The van der Waals surface area contributed by atoms with E-state index in [9.17, 15) is 0 Å². The first kappa shape index (κ1) is 13.4. The fourth-order valence-corrected chi connectivity index (χ4v) is 1.84. The van der Waals surface area contributed by atoms with Gasteiger partial charge in [0.1, 0.15) is 5.75 Å². The summed E-state index contributed by atoms with van der Waals surface area (Å²) in [7, 11) is 0. The molecule has 1 aromatic rings. The molecule has 16 heavy (non-hydrogen) atoms. The van der Waals surface area contributed by atoms with Gasteiger partial charge in [0.2, 0.25) is 0 Å². The average molecular weight is 259 g/mol. The molecule has 0 aliphatic rings. The normalized spacial score (nSPS) is 10.9. The number of allylic oxidation sites excluding steroid dienone is 2. The van der Waals surface area contributed by atoms with Crippen molar-refractivity contribution in [3.8, 4) is 5.75 Å². The lowest BCUT2D eigenvalue weighted by Crippen LogP contribution is -1.96. The Morgan fingerprint density at radius 1 is 1.12 bits per heavy atom. The van der Waals surface area contributed by atoms with E-state index in [2.05, 4.69) is 12.2 Å². The molecule has 0 unspecified atom stereocenters. The summed E-state index contributed by atoms with van der Waals surface area (Å²) in [6.07, 6.45) is 7.51. The second-order valence-corrected chi connectivity index (χ2v) is 4.39. The maximum Gasteiger partial charge on any atom is 0.122 e. The highest BCUT2D eigenvalue weighted by molar-refractivity contribution is 6.34. The number of halogens is 2. The van der Waals surface area contributed by atoms with Crippen molar-refractivity contribution in [3.63, 3.8) is 0 Å². The average Bonchev–Trinajstić information content (AvgIpc) is 2.22. The van der Waals surface area contributed by atoms with Crippen LogP contribution in [0.1, 0.15) is 26.2 Å². The number of benzene rings is 1. The Labute approximate surface area is 107 Å². The third kappa shape index (κ3) is 5.43. The van der Waals surface area contributed by atoms with Gasteiger partial charge in [-0.2, -0.15) is 0 Å². The maximum absolute atomic E-state index is 5.86. The Kier molecular flexibility index (Phi) is 6.36. The lowest BCUT2D eigenvalue weighted by molar-refractivity contribution is 0.307. The van der Waals surface area contributed by atoms with E-state index in [-0.39, 0.29) is 0 Å². The molecule has 0 aliphatic heterocycles. The minimum absolute atomic E-state index is 0.608. The van der Waals surface area contributed by atoms with Crippen molar-refractivity contribution in [3.05, 3.63) is 40.4 Å². The summed E-state index contributed by atoms with van der Waals surface area (Å²) in [5.74, 6) is 0.739. The van der Waals surface area contributed by atoms with Crippen LogP contribution in [0.5, 0.6) is 5.75 Å². The first-order valence-electron chi connectivity index (χ1n) is 5.42. The Hall–Kier alpha value is -0.660. The van der Waals surface area contributed by atoms with E-state index >= 15 is 0 Å². The van der Waals surface area contributed by atoms with Gasteiger partial charge < -0.3 is 4.74 Å². The molecule has 0 aliphatic carbocycles. The Morgan fingerprint density at radius 2 is 1.81 bits per heavy atom. The predicted octanol–water partition coefficient (Wildman–Crippen LogP) is 5.12. The summed E-state index contributed by atoms with van der Waals surface area (Å²) in [4.78, 5) is 0. The highest BCUT2D eigenvalue weighted by atomic mass is 35.5. The minimum atomic E-state index is 0.608. The first-order chi connectivity index (χ1) is 7.72. The quantitative estimate of drug-likeness (QED) is 0.509. The van der Waals surface area contributed by atoms with Crippen molar-refractivity contribution < 1.29 is 4.74 Å². The van der Waals surface area contributed by atoms with Crippen molar-refractivity contribution >= 4 is 23.2 Å². The molecule has 0 N–H and O–H groups in total. The van der Waals surface area contributed by atoms with Gasteiger partial charge in [0, 0.05) is 10.0 Å². The lowest BCUT2D eigenvalue weighted by atomic mass is 10.2. The second-order valence-electron chi connectivity index (χ2n) is 3.52. The zero-order valence-electron chi connectivity index (χ0n) is 9.38. The molecule has 0 aromatic heterocycles. The van der Waals surface area contributed by atoms with Gasteiger partial charge in [-0.3, -0.25) is 0 Å². The van der Waals surface area contributed by atoms with E-state index in [1.807, 2.05) is 6.92 Å². The van der Waals surface area contributed by atoms with Crippen LogP contribution in [0, 0.1) is 0 Å². The molecule has 0 amide bonds. The predicted molar refractivity (Wildman–Crippen MR) is 70.6 cm³/mol. The van der Waals surface area contributed by atoms with Gasteiger partial charge in [0.25, 0.3) is 0 Å². The summed E-state index contributed by atoms with van der Waals surface area (Å²) < 4.78 is 5.55. The molecule has 1 rings (SSSR count). The van der Waals surface area contributed by atoms with Crippen LogP contribution < -0.4 is 4.74 Å². The number of rotatable bonds is 6. The monoisotopic (exact) mass is 258 g/mol. The van der Waals surface area contributed by atoms with Crippen LogP contribution in [0.25, 0.3) is 0 Å². The molecule has 88 valence electrons. The van der Waals surface area contributed by atoms with Crippen molar-refractivity contribution in [1.82, 2.24) is 0 Å². The zero-order chi connectivity index (χ0) is 11.8. The topological polar surface area (TPSA) is 9.23 Å². The second kappa shape index (κ2) is 7.59. The van der Waals surface area contributed by atoms with Gasteiger partial charge >= 0.3 is 0 Å². The van der Waals surface area contributed by atoms with Crippen LogP contribution in [0.4, 0.5) is 0 Å². The molecule has 0 saturated heterocycles. The molecule has 0 bridgehead atoms. The van der Waals surface area contributed by atoms with Crippen molar-refractivity contribution in [2.24, 2.45) is 0 Å². The fraction of sp³-hybridized carbons (Fsp3) is 0.385. The Balaban J connectivity index is 2.26. The van der Waals surface area contributed by atoms with E-state index in [0.717, 1.165) is 25.0 Å². The first-order valence-corrected chi connectivity index (χ1v) is 6.18. The number of ether oxygens (including phenoxy) is 1. The molecular formula is C13H16Cl2O. The Morgan fingerprint density at radius 3 is 2.44 bits per heavy atom. The van der Waals surface area contributed by atoms with Gasteiger partial charge in [-0.25, -0.2) is 0 Å². The number of unbranched alkanes of at least 4 members (excludes halogenated alkanes) is 2. The molecule has 0 heterocycles. The molecule has 1 nitrogen and oxygen atoms in total. The molecule has 3 heteroatoms. The van der Waals surface area contributed by atoms with Crippen molar-refractivity contribution in [1.29, 1.82) is 0 Å². The fourth-order valence-electron chi connectivity index (χ4n) is 1.33. The zero-order valence-corrected chi connectivity index (χ0v) is 10.9.